The third kappa shape index (κ3) is 7.21. The second kappa shape index (κ2) is 8.84. The Bertz CT molecular complexity index is 412. The van der Waals surface area contributed by atoms with E-state index in [1.165, 1.54) is 0 Å². The molecule has 0 amide bonds. The van der Waals surface area contributed by atoms with Crippen molar-refractivity contribution >= 4 is 34.0 Å². The van der Waals surface area contributed by atoms with E-state index in [0.717, 1.165) is 15.0 Å². The highest BCUT2D eigenvalue weighted by molar-refractivity contribution is 7.09. The molecule has 4 nitrogen and oxygen atoms in total. The largest absolute Gasteiger partial charge is 0.250 e. The van der Waals surface area contributed by atoms with Gasteiger partial charge >= 0.3 is 0 Å². The van der Waals surface area contributed by atoms with Crippen molar-refractivity contribution in [3.63, 3.8) is 0 Å². The summed E-state index contributed by atoms with van der Waals surface area (Å²) in [5, 5.41) is 14.5. The Morgan fingerprint density at radius 2 is 1.33 bits per heavy atom. The second-order valence-corrected chi connectivity index (χ2v) is 6.29. The van der Waals surface area contributed by atoms with Gasteiger partial charge in [-0.25, -0.2) is 0 Å². The zero-order valence-electron chi connectivity index (χ0n) is 10.4. The molecule has 0 radical (unpaired) electrons. The van der Waals surface area contributed by atoms with Crippen LogP contribution in [0.5, 0.6) is 0 Å². The first-order chi connectivity index (χ1) is 8.68. The topological polar surface area (TPSA) is 51.6 Å². The summed E-state index contributed by atoms with van der Waals surface area (Å²) in [6.07, 6.45) is 3.61. The van der Waals surface area contributed by atoms with Crippen LogP contribution in [0.1, 0.15) is 15.0 Å². The summed E-state index contributed by atoms with van der Waals surface area (Å²) in [4.78, 5) is 7.87. The lowest BCUT2D eigenvalue weighted by Gasteiger charge is -1.65. The van der Waals surface area contributed by atoms with Crippen LogP contribution in [-0.4, -0.2) is 20.2 Å². The molecule has 3 aromatic rings. The van der Waals surface area contributed by atoms with Crippen molar-refractivity contribution in [2.75, 3.05) is 0 Å². The van der Waals surface area contributed by atoms with Gasteiger partial charge in [0.05, 0.1) is 10.0 Å². The normalized spacial score (nSPS) is 8.83. The number of hydrogen-bond donors (Lipinski definition) is 0. The lowest BCUT2D eigenvalue weighted by molar-refractivity contribution is 1.05. The minimum atomic E-state index is 1.02. The highest BCUT2D eigenvalue weighted by Gasteiger charge is 1.78. The van der Waals surface area contributed by atoms with E-state index in [2.05, 4.69) is 20.2 Å². The van der Waals surface area contributed by atoms with Crippen LogP contribution in [-0.2, 0) is 0 Å². The first kappa shape index (κ1) is 14.9. The summed E-state index contributed by atoms with van der Waals surface area (Å²) < 4.78 is 0. The fourth-order valence-corrected chi connectivity index (χ4v) is 2.04. The molecule has 0 N–H and O–H groups in total. The minimum Gasteiger partial charge on any atom is -0.250 e. The van der Waals surface area contributed by atoms with Crippen LogP contribution >= 0.6 is 34.0 Å². The summed E-state index contributed by atoms with van der Waals surface area (Å²) >= 11 is 4.89. The van der Waals surface area contributed by atoms with Gasteiger partial charge in [0.2, 0.25) is 0 Å². The van der Waals surface area contributed by atoms with Gasteiger partial charge < -0.3 is 0 Å². The Morgan fingerprint density at radius 1 is 0.778 bits per heavy atom. The van der Waals surface area contributed by atoms with Crippen molar-refractivity contribution in [1.29, 1.82) is 0 Å². The average Bonchev–Trinajstić information content (AvgIpc) is 3.05. The smallest absolute Gasteiger partial charge is 0.114 e. The summed E-state index contributed by atoms with van der Waals surface area (Å²) in [5.41, 5.74) is 1.72. The third-order valence-electron chi connectivity index (χ3n) is 1.58. The summed E-state index contributed by atoms with van der Waals surface area (Å²) in [6, 6.07) is 0. The average molecular weight is 298 g/mol. The molecule has 0 atom stereocenters. The number of aryl methyl sites for hydroxylation is 3. The van der Waals surface area contributed by atoms with E-state index in [1.807, 2.05) is 31.5 Å². The predicted molar refractivity (Wildman–Crippen MR) is 78.3 cm³/mol. The zero-order chi connectivity index (χ0) is 13.2. The van der Waals surface area contributed by atoms with Crippen LogP contribution in [0, 0.1) is 20.8 Å². The minimum absolute atomic E-state index is 1.02. The van der Waals surface area contributed by atoms with Crippen molar-refractivity contribution < 1.29 is 0 Å². The Hall–Kier alpha value is -1.18. The van der Waals surface area contributed by atoms with Crippen LogP contribution in [0.3, 0.4) is 0 Å². The van der Waals surface area contributed by atoms with Crippen molar-refractivity contribution in [2.24, 2.45) is 0 Å². The van der Waals surface area contributed by atoms with E-state index in [9.17, 15) is 0 Å². The summed E-state index contributed by atoms with van der Waals surface area (Å²) in [6.45, 7) is 5.91. The van der Waals surface area contributed by atoms with Crippen molar-refractivity contribution in [3.05, 3.63) is 43.7 Å². The molecule has 0 aromatic carbocycles. The van der Waals surface area contributed by atoms with E-state index >= 15 is 0 Å². The molecule has 0 fully saturated rings. The second-order valence-electron chi connectivity index (χ2n) is 3.06. The number of hydrogen-bond acceptors (Lipinski definition) is 7. The van der Waals surface area contributed by atoms with Gasteiger partial charge in [0.15, 0.2) is 0 Å². The van der Waals surface area contributed by atoms with Crippen LogP contribution in [0.15, 0.2) is 28.7 Å². The molecule has 3 heterocycles. The van der Waals surface area contributed by atoms with Gasteiger partial charge in [-0.05, 0) is 20.8 Å². The quantitative estimate of drug-likeness (QED) is 0.634. The Kier molecular flexibility index (Phi) is 7.31. The number of rotatable bonds is 0. The predicted octanol–water partition coefficient (Wildman–Crippen LogP) is 3.75. The van der Waals surface area contributed by atoms with Gasteiger partial charge in [-0.3, -0.25) is 9.97 Å². The Balaban J connectivity index is 0.000000135. The maximum atomic E-state index is 3.94. The number of thiazole rings is 2. The monoisotopic (exact) mass is 298 g/mol. The maximum Gasteiger partial charge on any atom is 0.114 e. The third-order valence-corrected chi connectivity index (χ3v) is 3.61. The molecular formula is C11H14N4S3. The molecule has 0 aliphatic carbocycles. The van der Waals surface area contributed by atoms with Crippen LogP contribution in [0.4, 0.5) is 0 Å². The molecule has 3 aromatic heterocycles. The van der Waals surface area contributed by atoms with E-state index < -0.39 is 0 Å². The van der Waals surface area contributed by atoms with Crippen LogP contribution < -0.4 is 0 Å². The van der Waals surface area contributed by atoms with Crippen LogP contribution in [0.2, 0.25) is 0 Å². The Labute approximate surface area is 118 Å². The molecule has 7 heteroatoms. The summed E-state index contributed by atoms with van der Waals surface area (Å²) in [7, 11) is 0. The van der Waals surface area contributed by atoms with Crippen molar-refractivity contribution in [3.8, 4) is 0 Å². The SMILES string of the molecule is Cc1nccs1.Cc1nccs1.Cc1nncs1. The molecule has 0 spiro atoms. The first-order valence-electron chi connectivity index (χ1n) is 5.13. The molecule has 0 aliphatic rings. The highest BCUT2D eigenvalue weighted by Crippen LogP contribution is 1.99. The van der Waals surface area contributed by atoms with Crippen molar-refractivity contribution in [2.45, 2.75) is 20.8 Å². The van der Waals surface area contributed by atoms with Gasteiger partial charge in [-0.15, -0.1) is 44.2 Å². The van der Waals surface area contributed by atoms with Crippen LogP contribution in [0.25, 0.3) is 0 Å². The van der Waals surface area contributed by atoms with E-state index in [4.69, 9.17) is 0 Å². The standard InChI is InChI=1S/2C4H5NS.C3H4N2S/c2*1-4-5-2-3-6-4;1-3-5-4-2-6-3/h2*2-3H,1H3;2H,1H3. The van der Waals surface area contributed by atoms with Gasteiger partial charge in [0, 0.05) is 23.2 Å². The molecular weight excluding hydrogens is 284 g/mol. The number of nitrogens with zero attached hydrogens (tertiary/aromatic N) is 4. The van der Waals surface area contributed by atoms with Crippen molar-refractivity contribution in [1.82, 2.24) is 20.2 Å². The van der Waals surface area contributed by atoms with Gasteiger partial charge in [-0.2, -0.15) is 0 Å². The zero-order valence-corrected chi connectivity index (χ0v) is 12.8. The molecule has 0 saturated carbocycles. The molecule has 0 aliphatic heterocycles. The Morgan fingerprint density at radius 3 is 1.44 bits per heavy atom. The van der Waals surface area contributed by atoms with Gasteiger partial charge in [0.25, 0.3) is 0 Å². The van der Waals surface area contributed by atoms with E-state index in [0.29, 0.717) is 0 Å². The fraction of sp³-hybridized carbons (Fsp3) is 0.273. The van der Waals surface area contributed by atoms with E-state index in [-0.39, 0.29) is 0 Å². The first-order valence-corrected chi connectivity index (χ1v) is 7.77. The molecule has 0 unspecified atom stereocenters. The summed E-state index contributed by atoms with van der Waals surface area (Å²) in [5.74, 6) is 0. The van der Waals surface area contributed by atoms with Gasteiger partial charge in [-0.1, -0.05) is 0 Å². The lowest BCUT2D eigenvalue weighted by Crippen LogP contribution is -1.64. The lowest BCUT2D eigenvalue weighted by atomic mass is 10.8. The van der Waals surface area contributed by atoms with Gasteiger partial charge in [0.1, 0.15) is 10.5 Å². The highest BCUT2D eigenvalue weighted by atomic mass is 32.1. The number of aromatic nitrogens is 4. The molecule has 3 rings (SSSR count). The fourth-order valence-electron chi connectivity index (χ4n) is 0.818. The van der Waals surface area contributed by atoms with E-state index in [1.54, 1.807) is 51.9 Å². The maximum absolute atomic E-state index is 3.94. The molecule has 0 saturated heterocycles. The molecule has 18 heavy (non-hydrogen) atoms. The molecule has 0 bridgehead atoms. The molecule has 96 valence electrons.